The fourth-order valence-corrected chi connectivity index (χ4v) is 1.96. The summed E-state index contributed by atoms with van der Waals surface area (Å²) in [6.07, 6.45) is 0. The van der Waals surface area contributed by atoms with E-state index < -0.39 is 0 Å². The van der Waals surface area contributed by atoms with E-state index in [2.05, 4.69) is 10.6 Å². The molecule has 20 heavy (non-hydrogen) atoms. The zero-order chi connectivity index (χ0) is 14.4. The van der Waals surface area contributed by atoms with Crippen LogP contribution in [-0.2, 0) is 0 Å². The third kappa shape index (κ3) is 3.61. The van der Waals surface area contributed by atoms with Crippen molar-refractivity contribution in [3.63, 3.8) is 0 Å². The van der Waals surface area contributed by atoms with Gasteiger partial charge in [0.15, 0.2) is 5.11 Å². The quantitative estimate of drug-likeness (QED) is 0.843. The van der Waals surface area contributed by atoms with Crippen molar-refractivity contribution in [3.8, 4) is 11.5 Å². The molecule has 0 saturated carbocycles. The van der Waals surface area contributed by atoms with Crippen LogP contribution in [0.3, 0.4) is 0 Å². The second-order valence-corrected chi connectivity index (χ2v) is 4.42. The first-order chi connectivity index (χ1) is 9.72. The molecule has 2 N–H and O–H groups in total. The Hall–Kier alpha value is -2.27. The number of ether oxygens (including phenoxy) is 2. The maximum absolute atomic E-state index is 5.29. The van der Waals surface area contributed by atoms with Crippen molar-refractivity contribution in [2.24, 2.45) is 0 Å². The van der Waals surface area contributed by atoms with E-state index in [1.54, 1.807) is 14.2 Å². The molecule has 0 radical (unpaired) electrons. The molecule has 0 heterocycles. The predicted molar refractivity (Wildman–Crippen MR) is 85.8 cm³/mol. The molecule has 0 spiro atoms. The zero-order valence-electron chi connectivity index (χ0n) is 11.3. The van der Waals surface area contributed by atoms with Gasteiger partial charge in [0, 0.05) is 11.8 Å². The molecule has 0 aliphatic heterocycles. The number of hydrogen-bond acceptors (Lipinski definition) is 3. The summed E-state index contributed by atoms with van der Waals surface area (Å²) in [7, 11) is 3.25. The summed E-state index contributed by atoms with van der Waals surface area (Å²) in [6.45, 7) is 0. The maximum Gasteiger partial charge on any atom is 0.175 e. The normalized spacial score (nSPS) is 9.70. The molecule has 5 heteroatoms. The van der Waals surface area contributed by atoms with Crippen molar-refractivity contribution in [1.29, 1.82) is 0 Å². The molecular formula is C15H16N2O2S. The summed E-state index contributed by atoms with van der Waals surface area (Å²) in [5, 5.41) is 6.69. The molecule has 0 fully saturated rings. The van der Waals surface area contributed by atoms with Crippen molar-refractivity contribution < 1.29 is 9.47 Å². The van der Waals surface area contributed by atoms with Crippen molar-refractivity contribution in [2.75, 3.05) is 24.9 Å². The van der Waals surface area contributed by atoms with Gasteiger partial charge in [-0.3, -0.25) is 0 Å². The summed E-state index contributed by atoms with van der Waals surface area (Å²) in [6, 6.07) is 15.2. The van der Waals surface area contributed by atoms with Crippen molar-refractivity contribution in [2.45, 2.75) is 0 Å². The first-order valence-electron chi connectivity index (χ1n) is 6.08. The number of anilines is 2. The van der Waals surface area contributed by atoms with Crippen LogP contribution in [0.15, 0.2) is 48.5 Å². The Morgan fingerprint density at radius 3 is 2.50 bits per heavy atom. The Morgan fingerprint density at radius 1 is 0.950 bits per heavy atom. The first-order valence-corrected chi connectivity index (χ1v) is 6.49. The number of nitrogens with one attached hydrogen (secondary N) is 2. The maximum atomic E-state index is 5.29. The van der Waals surface area contributed by atoms with Crippen LogP contribution in [0.2, 0.25) is 0 Å². The lowest BCUT2D eigenvalue weighted by atomic mass is 10.3. The van der Waals surface area contributed by atoms with Gasteiger partial charge in [-0.25, -0.2) is 0 Å². The van der Waals surface area contributed by atoms with E-state index in [1.165, 1.54) is 0 Å². The van der Waals surface area contributed by atoms with Gasteiger partial charge in [-0.2, -0.15) is 0 Å². The van der Waals surface area contributed by atoms with Gasteiger partial charge < -0.3 is 20.1 Å². The molecule has 104 valence electrons. The minimum Gasteiger partial charge on any atom is -0.497 e. The van der Waals surface area contributed by atoms with Gasteiger partial charge in [0.05, 0.1) is 19.9 Å². The molecular weight excluding hydrogens is 272 g/mol. The lowest BCUT2D eigenvalue weighted by Crippen LogP contribution is -2.19. The number of thiocarbonyl (C=S) groups is 1. The lowest BCUT2D eigenvalue weighted by molar-refractivity contribution is 0.415. The van der Waals surface area contributed by atoms with Crippen molar-refractivity contribution in [1.82, 2.24) is 0 Å². The largest absolute Gasteiger partial charge is 0.497 e. The number of benzene rings is 2. The molecule has 0 amide bonds. The average Bonchev–Trinajstić information content (AvgIpc) is 2.48. The van der Waals surface area contributed by atoms with E-state index >= 15 is 0 Å². The van der Waals surface area contributed by atoms with E-state index in [-0.39, 0.29) is 0 Å². The summed E-state index contributed by atoms with van der Waals surface area (Å²) >= 11 is 5.29. The highest BCUT2D eigenvalue weighted by molar-refractivity contribution is 7.80. The molecule has 0 saturated heterocycles. The van der Waals surface area contributed by atoms with Gasteiger partial charge in [0.25, 0.3) is 0 Å². The molecule has 0 aromatic heterocycles. The highest BCUT2D eigenvalue weighted by atomic mass is 32.1. The van der Waals surface area contributed by atoms with E-state index in [9.17, 15) is 0 Å². The molecule has 0 bridgehead atoms. The fraction of sp³-hybridized carbons (Fsp3) is 0.133. The van der Waals surface area contributed by atoms with Crippen molar-refractivity contribution >= 4 is 28.7 Å². The molecule has 0 atom stereocenters. The Bertz CT molecular complexity index is 602. The lowest BCUT2D eigenvalue weighted by Gasteiger charge is -2.13. The van der Waals surface area contributed by atoms with Gasteiger partial charge in [-0.05, 0) is 36.5 Å². The second kappa shape index (κ2) is 6.77. The summed E-state index contributed by atoms with van der Waals surface area (Å²) in [5.41, 5.74) is 1.67. The van der Waals surface area contributed by atoms with E-state index in [1.807, 2.05) is 48.5 Å². The highest BCUT2D eigenvalue weighted by Crippen LogP contribution is 2.23. The van der Waals surface area contributed by atoms with Gasteiger partial charge >= 0.3 is 0 Å². The summed E-state index contributed by atoms with van der Waals surface area (Å²) in [4.78, 5) is 0. The summed E-state index contributed by atoms with van der Waals surface area (Å²) in [5.74, 6) is 1.51. The third-order valence-corrected chi connectivity index (χ3v) is 2.89. The topological polar surface area (TPSA) is 42.5 Å². The minimum absolute atomic E-state index is 0.489. The predicted octanol–water partition coefficient (Wildman–Crippen LogP) is 3.51. The highest BCUT2D eigenvalue weighted by Gasteiger charge is 2.04. The third-order valence-electron chi connectivity index (χ3n) is 2.68. The van der Waals surface area contributed by atoms with Crippen LogP contribution in [0.25, 0.3) is 0 Å². The van der Waals surface area contributed by atoms with Gasteiger partial charge in [-0.15, -0.1) is 0 Å². The van der Waals surface area contributed by atoms with Crippen LogP contribution < -0.4 is 20.1 Å². The fourth-order valence-electron chi connectivity index (χ4n) is 1.73. The first kappa shape index (κ1) is 14.1. The van der Waals surface area contributed by atoms with E-state index in [0.29, 0.717) is 5.11 Å². The average molecular weight is 288 g/mol. The van der Waals surface area contributed by atoms with Gasteiger partial charge in [-0.1, -0.05) is 18.2 Å². The molecule has 0 unspecified atom stereocenters. The van der Waals surface area contributed by atoms with Gasteiger partial charge in [0.2, 0.25) is 0 Å². The van der Waals surface area contributed by atoms with Crippen LogP contribution in [0.5, 0.6) is 11.5 Å². The molecule has 2 rings (SSSR count). The Morgan fingerprint density at radius 2 is 1.75 bits per heavy atom. The van der Waals surface area contributed by atoms with Crippen LogP contribution in [0.4, 0.5) is 11.4 Å². The monoisotopic (exact) mass is 288 g/mol. The Balaban J connectivity index is 2.05. The van der Waals surface area contributed by atoms with Crippen LogP contribution in [0.1, 0.15) is 0 Å². The Kier molecular flexibility index (Phi) is 4.79. The van der Waals surface area contributed by atoms with E-state index in [4.69, 9.17) is 21.7 Å². The standard InChI is InChI=1S/C15H16N2O2S/c1-18-12-7-5-6-11(10-12)16-15(20)17-13-8-3-4-9-14(13)19-2/h3-10H,1-2H3,(H2,16,17,20). The molecule has 2 aromatic rings. The Labute approximate surface area is 123 Å². The zero-order valence-corrected chi connectivity index (χ0v) is 12.2. The number of hydrogen-bond donors (Lipinski definition) is 2. The van der Waals surface area contributed by atoms with Crippen LogP contribution in [0, 0.1) is 0 Å². The summed E-state index contributed by atoms with van der Waals surface area (Å²) < 4.78 is 10.4. The SMILES string of the molecule is COc1cccc(NC(=S)Nc2ccccc2OC)c1. The molecule has 4 nitrogen and oxygen atoms in total. The number of rotatable bonds is 4. The number of para-hydroxylation sites is 2. The molecule has 0 aliphatic carbocycles. The molecule has 0 aliphatic rings. The van der Waals surface area contributed by atoms with Crippen molar-refractivity contribution in [3.05, 3.63) is 48.5 Å². The van der Waals surface area contributed by atoms with E-state index in [0.717, 1.165) is 22.9 Å². The number of methoxy groups -OCH3 is 2. The minimum atomic E-state index is 0.489. The second-order valence-electron chi connectivity index (χ2n) is 4.01. The van der Waals surface area contributed by atoms with Gasteiger partial charge in [0.1, 0.15) is 11.5 Å². The molecule has 2 aromatic carbocycles. The van der Waals surface area contributed by atoms with Crippen LogP contribution >= 0.6 is 12.2 Å². The van der Waals surface area contributed by atoms with Crippen LogP contribution in [-0.4, -0.2) is 19.3 Å². The smallest absolute Gasteiger partial charge is 0.175 e.